The number of anilines is 1. The van der Waals surface area contributed by atoms with Crippen molar-refractivity contribution in [2.75, 3.05) is 19.0 Å². The maximum atomic E-state index is 11.8. The number of methoxy groups -OCH3 is 1. The Morgan fingerprint density at radius 3 is 2.67 bits per heavy atom. The van der Waals surface area contributed by atoms with Crippen molar-refractivity contribution < 1.29 is 14.3 Å². The van der Waals surface area contributed by atoms with Gasteiger partial charge in [0.15, 0.2) is 0 Å². The molecule has 0 aliphatic carbocycles. The van der Waals surface area contributed by atoms with Crippen LogP contribution in [0.5, 0.6) is 5.75 Å². The van der Waals surface area contributed by atoms with Crippen LogP contribution in [-0.4, -0.2) is 19.8 Å². The summed E-state index contributed by atoms with van der Waals surface area (Å²) in [4.78, 5) is 11.8. The van der Waals surface area contributed by atoms with Crippen molar-refractivity contribution in [3.8, 4) is 5.75 Å². The Kier molecular flexibility index (Phi) is 5.44. The van der Waals surface area contributed by atoms with E-state index in [1.165, 1.54) is 0 Å². The van der Waals surface area contributed by atoms with E-state index in [2.05, 4.69) is 21.2 Å². The van der Waals surface area contributed by atoms with E-state index < -0.39 is 6.09 Å². The fourth-order valence-electron chi connectivity index (χ4n) is 2.02. The van der Waals surface area contributed by atoms with Gasteiger partial charge in [-0.2, -0.15) is 0 Å². The zero-order valence-corrected chi connectivity index (χ0v) is 13.7. The molecule has 0 aliphatic heterocycles. The van der Waals surface area contributed by atoms with Crippen LogP contribution in [0.15, 0.2) is 34.8 Å². The number of benzene rings is 2. The summed E-state index contributed by atoms with van der Waals surface area (Å²) < 4.78 is 11.3. The minimum absolute atomic E-state index is 0.421. The van der Waals surface area contributed by atoms with Crippen LogP contribution in [0.3, 0.4) is 0 Å². The highest BCUT2D eigenvalue weighted by molar-refractivity contribution is 9.10. The van der Waals surface area contributed by atoms with Gasteiger partial charge in [-0.25, -0.2) is 4.79 Å². The number of ether oxygens (including phenoxy) is 2. The number of amides is 1. The Bertz CT molecular complexity index is 643. The summed E-state index contributed by atoms with van der Waals surface area (Å²) in [7, 11) is 1.61. The van der Waals surface area contributed by atoms with Gasteiger partial charge in [0.25, 0.3) is 0 Å². The Morgan fingerprint density at radius 1 is 1.29 bits per heavy atom. The van der Waals surface area contributed by atoms with Gasteiger partial charge in [-0.15, -0.1) is 0 Å². The molecule has 0 fully saturated rings. The van der Waals surface area contributed by atoms with Crippen LogP contribution in [0.4, 0.5) is 10.5 Å². The van der Waals surface area contributed by atoms with Crippen LogP contribution in [0.25, 0.3) is 10.8 Å². The average Bonchev–Trinajstić information content (AvgIpc) is 2.50. The number of rotatable bonds is 5. The minimum atomic E-state index is -0.457. The third kappa shape index (κ3) is 3.67. The van der Waals surface area contributed by atoms with E-state index in [1.54, 1.807) is 13.2 Å². The Hall–Kier alpha value is -1.75. The van der Waals surface area contributed by atoms with E-state index in [1.807, 2.05) is 31.2 Å². The van der Waals surface area contributed by atoms with Crippen LogP contribution >= 0.6 is 15.9 Å². The topological polar surface area (TPSA) is 47.6 Å². The van der Waals surface area contributed by atoms with Crippen LogP contribution < -0.4 is 10.1 Å². The highest BCUT2D eigenvalue weighted by atomic mass is 79.9. The van der Waals surface area contributed by atoms with Gasteiger partial charge < -0.3 is 9.47 Å². The normalized spacial score (nSPS) is 10.4. The summed E-state index contributed by atoms with van der Waals surface area (Å²) >= 11 is 3.53. The number of carbonyl (C=O) groups excluding carboxylic acids is 1. The molecule has 0 unspecified atom stereocenters. The summed E-state index contributed by atoms with van der Waals surface area (Å²) in [6.45, 7) is 2.47. The van der Waals surface area contributed by atoms with Crippen molar-refractivity contribution >= 4 is 38.5 Å². The van der Waals surface area contributed by atoms with E-state index in [0.717, 1.165) is 28.1 Å². The molecule has 0 aromatic heterocycles. The first-order valence-electron chi connectivity index (χ1n) is 6.86. The maximum Gasteiger partial charge on any atom is 0.411 e. The van der Waals surface area contributed by atoms with Crippen LogP contribution in [-0.2, 0) is 4.74 Å². The van der Waals surface area contributed by atoms with Gasteiger partial charge in [0.05, 0.1) is 19.4 Å². The molecule has 1 amide bonds. The van der Waals surface area contributed by atoms with Crippen molar-refractivity contribution in [1.29, 1.82) is 0 Å². The second-order valence-corrected chi connectivity index (χ2v) is 5.39. The number of halogens is 1. The summed E-state index contributed by atoms with van der Waals surface area (Å²) in [5, 5.41) is 4.70. The number of fused-ring (bicyclic) bond motifs is 1. The summed E-state index contributed by atoms with van der Waals surface area (Å²) in [6.07, 6.45) is 1.39. The first-order chi connectivity index (χ1) is 10.2. The Balaban J connectivity index is 2.27. The molecule has 0 heterocycles. The second-order valence-electron chi connectivity index (χ2n) is 4.60. The standard InChI is InChI=1S/C16H18BrNO3/c1-3-4-9-21-16(19)18-13-10-14(20-2)11-7-5-6-8-12(11)15(13)17/h5-8,10H,3-4,9H2,1-2H3,(H,18,19). The lowest BCUT2D eigenvalue weighted by atomic mass is 10.1. The van der Waals surface area contributed by atoms with Crippen molar-refractivity contribution in [2.45, 2.75) is 19.8 Å². The lowest BCUT2D eigenvalue weighted by Crippen LogP contribution is -2.14. The van der Waals surface area contributed by atoms with Crippen LogP contribution in [0, 0.1) is 0 Å². The predicted octanol–water partition coefficient (Wildman–Crippen LogP) is 4.96. The molecule has 2 aromatic rings. The molecule has 2 rings (SSSR count). The minimum Gasteiger partial charge on any atom is -0.496 e. The monoisotopic (exact) mass is 351 g/mol. The van der Waals surface area contributed by atoms with Gasteiger partial charge in [-0.3, -0.25) is 5.32 Å². The third-order valence-electron chi connectivity index (χ3n) is 3.13. The first kappa shape index (κ1) is 15.6. The van der Waals surface area contributed by atoms with E-state index in [0.29, 0.717) is 18.0 Å². The predicted molar refractivity (Wildman–Crippen MR) is 88.1 cm³/mol. The van der Waals surface area contributed by atoms with Gasteiger partial charge in [-0.1, -0.05) is 37.6 Å². The summed E-state index contributed by atoms with van der Waals surface area (Å²) in [5.74, 6) is 0.706. The van der Waals surface area contributed by atoms with Crippen LogP contribution in [0.1, 0.15) is 19.8 Å². The van der Waals surface area contributed by atoms with E-state index in [4.69, 9.17) is 9.47 Å². The molecule has 0 radical (unpaired) electrons. The number of carbonyl (C=O) groups is 1. The molecular formula is C16H18BrNO3. The number of hydrogen-bond acceptors (Lipinski definition) is 3. The molecule has 0 atom stereocenters. The quantitative estimate of drug-likeness (QED) is 0.774. The van der Waals surface area contributed by atoms with Gasteiger partial charge in [-0.05, 0) is 22.4 Å². The van der Waals surface area contributed by atoms with Crippen molar-refractivity contribution in [3.05, 3.63) is 34.8 Å². The Labute approximate surface area is 132 Å². The van der Waals surface area contributed by atoms with Gasteiger partial charge in [0, 0.05) is 21.3 Å². The first-order valence-corrected chi connectivity index (χ1v) is 7.65. The number of unbranched alkanes of at least 4 members (excludes halogenated alkanes) is 1. The Morgan fingerprint density at radius 2 is 2.00 bits per heavy atom. The molecular weight excluding hydrogens is 334 g/mol. The average molecular weight is 352 g/mol. The maximum absolute atomic E-state index is 11.8. The fourth-order valence-corrected chi connectivity index (χ4v) is 2.58. The lowest BCUT2D eigenvalue weighted by Gasteiger charge is -2.13. The van der Waals surface area contributed by atoms with E-state index in [9.17, 15) is 4.79 Å². The van der Waals surface area contributed by atoms with Crippen LogP contribution in [0.2, 0.25) is 0 Å². The highest BCUT2D eigenvalue weighted by Gasteiger charge is 2.13. The van der Waals surface area contributed by atoms with Gasteiger partial charge >= 0.3 is 6.09 Å². The third-order valence-corrected chi connectivity index (χ3v) is 3.98. The van der Waals surface area contributed by atoms with E-state index in [-0.39, 0.29) is 0 Å². The molecule has 1 N–H and O–H groups in total. The summed E-state index contributed by atoms with van der Waals surface area (Å²) in [5.41, 5.74) is 0.632. The van der Waals surface area contributed by atoms with Crippen molar-refractivity contribution in [3.63, 3.8) is 0 Å². The molecule has 0 saturated carbocycles. The molecule has 5 heteroatoms. The fraction of sp³-hybridized carbons (Fsp3) is 0.312. The molecule has 4 nitrogen and oxygen atoms in total. The number of hydrogen-bond donors (Lipinski definition) is 1. The molecule has 0 spiro atoms. The molecule has 2 aromatic carbocycles. The molecule has 0 bridgehead atoms. The zero-order valence-electron chi connectivity index (χ0n) is 12.1. The van der Waals surface area contributed by atoms with E-state index >= 15 is 0 Å². The van der Waals surface area contributed by atoms with Crippen molar-refractivity contribution in [2.24, 2.45) is 0 Å². The second kappa shape index (κ2) is 7.31. The molecule has 0 aliphatic rings. The molecule has 112 valence electrons. The van der Waals surface area contributed by atoms with Gasteiger partial charge in [0.1, 0.15) is 5.75 Å². The largest absolute Gasteiger partial charge is 0.496 e. The van der Waals surface area contributed by atoms with Gasteiger partial charge in [0.2, 0.25) is 0 Å². The SMILES string of the molecule is CCCCOC(=O)Nc1cc(OC)c2ccccc2c1Br. The zero-order chi connectivity index (χ0) is 15.2. The number of nitrogens with one attached hydrogen (secondary N) is 1. The lowest BCUT2D eigenvalue weighted by molar-refractivity contribution is 0.160. The molecule has 21 heavy (non-hydrogen) atoms. The smallest absolute Gasteiger partial charge is 0.411 e. The highest BCUT2D eigenvalue weighted by Crippen LogP contribution is 2.37. The summed E-state index contributed by atoms with van der Waals surface area (Å²) in [6, 6.07) is 9.62. The molecule has 0 saturated heterocycles. The van der Waals surface area contributed by atoms with Crippen molar-refractivity contribution in [1.82, 2.24) is 0 Å².